The third-order valence-electron chi connectivity index (χ3n) is 3.10. The molecule has 0 heterocycles. The lowest BCUT2D eigenvalue weighted by atomic mass is 9.98. The van der Waals surface area contributed by atoms with Gasteiger partial charge < -0.3 is 10.5 Å². The third-order valence-corrected chi connectivity index (χ3v) is 3.10. The average Bonchev–Trinajstić information content (AvgIpc) is 2.29. The Balaban J connectivity index is 1.88. The molecule has 16 heavy (non-hydrogen) atoms. The number of hydrogen-bond donors (Lipinski definition) is 1. The monoisotopic (exact) mass is 223 g/mol. The van der Waals surface area contributed by atoms with E-state index >= 15 is 0 Å². The van der Waals surface area contributed by atoms with Gasteiger partial charge in [0.1, 0.15) is 5.82 Å². The fraction of sp³-hybridized carbons (Fsp3) is 0.538. The number of nitrogen functional groups attached to an aromatic ring is 1. The van der Waals surface area contributed by atoms with E-state index in [-0.39, 0.29) is 5.82 Å². The van der Waals surface area contributed by atoms with Crippen LogP contribution in [0.3, 0.4) is 0 Å². The molecule has 1 fully saturated rings. The van der Waals surface area contributed by atoms with Crippen LogP contribution in [0.2, 0.25) is 0 Å². The molecule has 2 N–H and O–H groups in total. The minimum absolute atomic E-state index is 0.268. The molecule has 0 unspecified atom stereocenters. The van der Waals surface area contributed by atoms with Crippen LogP contribution >= 0.6 is 0 Å². The Hall–Kier alpha value is -1.09. The second kappa shape index (κ2) is 5.30. The first-order valence-electron chi connectivity index (χ1n) is 5.91. The maximum absolute atomic E-state index is 13.4. The van der Waals surface area contributed by atoms with Crippen LogP contribution in [-0.4, -0.2) is 6.10 Å². The first-order chi connectivity index (χ1) is 7.75. The molecule has 0 amide bonds. The molecule has 1 aromatic carbocycles. The Bertz CT molecular complexity index is 348. The van der Waals surface area contributed by atoms with Crippen LogP contribution in [0.4, 0.5) is 10.1 Å². The van der Waals surface area contributed by atoms with Crippen molar-refractivity contribution in [1.82, 2.24) is 0 Å². The van der Waals surface area contributed by atoms with Crippen molar-refractivity contribution in [2.75, 3.05) is 5.73 Å². The fourth-order valence-corrected chi connectivity index (χ4v) is 2.12. The van der Waals surface area contributed by atoms with E-state index in [1.54, 1.807) is 12.1 Å². The van der Waals surface area contributed by atoms with Gasteiger partial charge in [0, 0.05) is 11.3 Å². The van der Waals surface area contributed by atoms with E-state index < -0.39 is 0 Å². The molecule has 1 aromatic rings. The Morgan fingerprint density at radius 1 is 1.25 bits per heavy atom. The van der Waals surface area contributed by atoms with Gasteiger partial charge in [-0.2, -0.15) is 0 Å². The van der Waals surface area contributed by atoms with E-state index in [9.17, 15) is 4.39 Å². The molecule has 0 aromatic heterocycles. The van der Waals surface area contributed by atoms with Crippen LogP contribution in [0.5, 0.6) is 0 Å². The molecule has 1 aliphatic carbocycles. The fourth-order valence-electron chi connectivity index (χ4n) is 2.12. The number of nitrogens with two attached hydrogens (primary N) is 1. The van der Waals surface area contributed by atoms with Crippen molar-refractivity contribution >= 4 is 5.69 Å². The minimum atomic E-state index is -0.268. The van der Waals surface area contributed by atoms with E-state index in [1.807, 2.05) is 0 Å². The maximum Gasteiger partial charge on any atom is 0.130 e. The van der Waals surface area contributed by atoms with Crippen LogP contribution in [0.25, 0.3) is 0 Å². The van der Waals surface area contributed by atoms with Gasteiger partial charge in [0.15, 0.2) is 0 Å². The van der Waals surface area contributed by atoms with Crippen LogP contribution in [-0.2, 0) is 11.3 Å². The SMILES string of the molecule is Nc1ccc(COC2CCCCC2)c(F)c1. The lowest BCUT2D eigenvalue weighted by Gasteiger charge is -2.22. The van der Waals surface area contributed by atoms with Crippen molar-refractivity contribution < 1.29 is 9.13 Å². The summed E-state index contributed by atoms with van der Waals surface area (Å²) < 4.78 is 19.2. The summed E-state index contributed by atoms with van der Waals surface area (Å²) in [6.07, 6.45) is 6.29. The zero-order valence-electron chi connectivity index (χ0n) is 9.42. The van der Waals surface area contributed by atoms with Gasteiger partial charge in [0.05, 0.1) is 12.7 Å². The van der Waals surface area contributed by atoms with Gasteiger partial charge >= 0.3 is 0 Å². The first-order valence-corrected chi connectivity index (χ1v) is 5.91. The van der Waals surface area contributed by atoms with E-state index in [0.29, 0.717) is 24.0 Å². The summed E-state index contributed by atoms with van der Waals surface area (Å²) in [6, 6.07) is 4.76. The highest BCUT2D eigenvalue weighted by Gasteiger charge is 2.14. The zero-order valence-corrected chi connectivity index (χ0v) is 9.42. The summed E-state index contributed by atoms with van der Waals surface area (Å²) in [5, 5.41) is 0. The number of anilines is 1. The van der Waals surface area contributed by atoms with Gasteiger partial charge in [-0.15, -0.1) is 0 Å². The molecule has 0 atom stereocenters. The van der Waals surface area contributed by atoms with Gasteiger partial charge in [0.2, 0.25) is 0 Å². The molecular weight excluding hydrogens is 205 g/mol. The summed E-state index contributed by atoms with van der Waals surface area (Å²) in [4.78, 5) is 0. The summed E-state index contributed by atoms with van der Waals surface area (Å²) >= 11 is 0. The molecule has 2 rings (SSSR count). The number of hydrogen-bond acceptors (Lipinski definition) is 2. The lowest BCUT2D eigenvalue weighted by Crippen LogP contribution is -2.16. The average molecular weight is 223 g/mol. The highest BCUT2D eigenvalue weighted by atomic mass is 19.1. The Morgan fingerprint density at radius 2 is 2.00 bits per heavy atom. The predicted octanol–water partition coefficient (Wildman–Crippen LogP) is 3.26. The van der Waals surface area contributed by atoms with Gasteiger partial charge in [-0.05, 0) is 25.0 Å². The molecule has 2 nitrogen and oxygen atoms in total. The van der Waals surface area contributed by atoms with Crippen LogP contribution in [0.15, 0.2) is 18.2 Å². The minimum Gasteiger partial charge on any atom is -0.399 e. The van der Waals surface area contributed by atoms with Crippen LogP contribution < -0.4 is 5.73 Å². The first kappa shape index (κ1) is 11.4. The van der Waals surface area contributed by atoms with Crippen molar-refractivity contribution in [3.63, 3.8) is 0 Å². The molecule has 3 heteroatoms. The molecule has 0 spiro atoms. The number of rotatable bonds is 3. The molecule has 1 saturated carbocycles. The van der Waals surface area contributed by atoms with Crippen molar-refractivity contribution in [3.8, 4) is 0 Å². The van der Waals surface area contributed by atoms with E-state index in [4.69, 9.17) is 10.5 Å². The van der Waals surface area contributed by atoms with Gasteiger partial charge in [-0.25, -0.2) is 4.39 Å². The molecule has 0 radical (unpaired) electrons. The Morgan fingerprint density at radius 3 is 2.69 bits per heavy atom. The van der Waals surface area contributed by atoms with Crippen molar-refractivity contribution in [1.29, 1.82) is 0 Å². The standard InChI is InChI=1S/C13H18FNO/c14-13-8-11(15)7-6-10(13)9-16-12-4-2-1-3-5-12/h6-8,12H,1-5,9,15H2. The summed E-state index contributed by atoms with van der Waals surface area (Å²) in [5.74, 6) is -0.268. The second-order valence-corrected chi connectivity index (χ2v) is 4.42. The predicted molar refractivity (Wildman–Crippen MR) is 62.5 cm³/mol. The lowest BCUT2D eigenvalue weighted by molar-refractivity contribution is 0.0156. The molecular formula is C13H18FNO. The summed E-state index contributed by atoms with van der Waals surface area (Å²) in [6.45, 7) is 0.358. The van der Waals surface area contributed by atoms with Gasteiger partial charge in [-0.3, -0.25) is 0 Å². The summed E-state index contributed by atoms with van der Waals surface area (Å²) in [7, 11) is 0. The molecule has 0 bridgehead atoms. The largest absolute Gasteiger partial charge is 0.399 e. The molecule has 88 valence electrons. The van der Waals surface area contributed by atoms with E-state index in [2.05, 4.69) is 0 Å². The number of halogens is 1. The maximum atomic E-state index is 13.4. The van der Waals surface area contributed by atoms with Crippen LogP contribution in [0, 0.1) is 5.82 Å². The van der Waals surface area contributed by atoms with Gasteiger partial charge in [0.25, 0.3) is 0 Å². The highest BCUT2D eigenvalue weighted by molar-refractivity contribution is 5.40. The molecule has 0 aliphatic heterocycles. The summed E-state index contributed by atoms with van der Waals surface area (Å²) in [5.41, 5.74) is 6.54. The van der Waals surface area contributed by atoms with E-state index in [1.165, 1.54) is 25.3 Å². The molecule has 1 aliphatic rings. The van der Waals surface area contributed by atoms with Gasteiger partial charge in [-0.1, -0.05) is 25.3 Å². The Labute approximate surface area is 95.6 Å². The van der Waals surface area contributed by atoms with E-state index in [0.717, 1.165) is 12.8 Å². The normalized spacial score (nSPS) is 17.6. The highest BCUT2D eigenvalue weighted by Crippen LogP contribution is 2.22. The third kappa shape index (κ3) is 2.95. The van der Waals surface area contributed by atoms with Crippen molar-refractivity contribution in [2.45, 2.75) is 44.8 Å². The number of ether oxygens (including phenoxy) is 1. The topological polar surface area (TPSA) is 35.2 Å². The quantitative estimate of drug-likeness (QED) is 0.798. The Kier molecular flexibility index (Phi) is 3.78. The second-order valence-electron chi connectivity index (χ2n) is 4.42. The molecule has 0 saturated heterocycles. The van der Waals surface area contributed by atoms with Crippen molar-refractivity contribution in [2.24, 2.45) is 0 Å². The van der Waals surface area contributed by atoms with Crippen LogP contribution in [0.1, 0.15) is 37.7 Å². The number of benzene rings is 1. The smallest absolute Gasteiger partial charge is 0.130 e. The van der Waals surface area contributed by atoms with Crippen molar-refractivity contribution in [3.05, 3.63) is 29.6 Å². The zero-order chi connectivity index (χ0) is 11.4.